The molecule has 1 saturated carbocycles. The number of benzene rings is 1. The lowest BCUT2D eigenvalue weighted by molar-refractivity contribution is -0.113. The molecule has 21 heavy (non-hydrogen) atoms. The van der Waals surface area contributed by atoms with Gasteiger partial charge in [0.2, 0.25) is 0 Å². The van der Waals surface area contributed by atoms with Crippen LogP contribution in [0.2, 0.25) is 0 Å². The summed E-state index contributed by atoms with van der Waals surface area (Å²) < 4.78 is 5.31. The Morgan fingerprint density at radius 1 is 1.10 bits per heavy atom. The zero-order valence-corrected chi connectivity index (χ0v) is 11.9. The minimum Gasteiger partial charge on any atom is -0.486 e. The van der Waals surface area contributed by atoms with E-state index in [2.05, 4.69) is 24.3 Å². The molecule has 1 aromatic rings. The van der Waals surface area contributed by atoms with E-state index in [0.29, 0.717) is 5.92 Å². The summed E-state index contributed by atoms with van der Waals surface area (Å²) in [6.45, 7) is 0. The Bertz CT molecular complexity index is 548. The molecule has 1 atom stereocenters. The summed E-state index contributed by atoms with van der Waals surface area (Å²) in [7, 11) is 0. The lowest BCUT2D eigenvalue weighted by atomic mass is 9.82. The Morgan fingerprint density at radius 2 is 1.81 bits per heavy atom. The van der Waals surface area contributed by atoms with Crippen molar-refractivity contribution in [3.63, 3.8) is 0 Å². The maximum absolute atomic E-state index is 10.6. The summed E-state index contributed by atoms with van der Waals surface area (Å²) in [6.07, 6.45) is 9.48. The molecule has 0 amide bonds. The summed E-state index contributed by atoms with van der Waals surface area (Å²) >= 11 is 0. The van der Waals surface area contributed by atoms with E-state index in [-0.39, 0.29) is 6.10 Å². The highest BCUT2D eigenvalue weighted by Gasteiger charge is 2.20. The van der Waals surface area contributed by atoms with Gasteiger partial charge in [0.25, 0.3) is 0 Å². The SMILES string of the molecule is O=CC1C=CC(c2ccc(C3CCC(O)CC3)cc2)=CO1. The van der Waals surface area contributed by atoms with E-state index < -0.39 is 6.10 Å². The molecule has 1 unspecified atom stereocenters. The Morgan fingerprint density at radius 3 is 2.38 bits per heavy atom. The fraction of sp³-hybridized carbons (Fsp3) is 0.389. The fourth-order valence-corrected chi connectivity index (χ4v) is 3.03. The first-order chi connectivity index (χ1) is 10.3. The smallest absolute Gasteiger partial charge is 0.171 e. The third-order valence-electron chi connectivity index (χ3n) is 4.36. The Labute approximate surface area is 124 Å². The molecule has 0 saturated heterocycles. The molecule has 110 valence electrons. The lowest BCUT2D eigenvalue weighted by Gasteiger charge is -2.25. The number of carbonyl (C=O) groups excluding carboxylic acids is 1. The van der Waals surface area contributed by atoms with Crippen molar-refractivity contribution in [3.05, 3.63) is 53.8 Å². The predicted octanol–water partition coefficient (Wildman–Crippen LogP) is 3.20. The van der Waals surface area contributed by atoms with Gasteiger partial charge in [-0.25, -0.2) is 0 Å². The summed E-state index contributed by atoms with van der Waals surface area (Å²) in [5, 5.41) is 9.58. The van der Waals surface area contributed by atoms with Crippen LogP contribution in [0.4, 0.5) is 0 Å². The van der Waals surface area contributed by atoms with Gasteiger partial charge < -0.3 is 9.84 Å². The molecule has 0 bridgehead atoms. The van der Waals surface area contributed by atoms with Crippen molar-refractivity contribution < 1.29 is 14.6 Å². The van der Waals surface area contributed by atoms with E-state index in [1.165, 1.54) is 5.56 Å². The van der Waals surface area contributed by atoms with Gasteiger partial charge in [-0.15, -0.1) is 0 Å². The second-order valence-electron chi connectivity index (χ2n) is 5.80. The minimum atomic E-state index is -0.457. The van der Waals surface area contributed by atoms with Crippen LogP contribution in [0.1, 0.15) is 42.7 Å². The Hall–Kier alpha value is -1.87. The standard InChI is InChI=1S/C18H20O3/c19-11-18-10-7-16(12-21-18)15-3-1-13(2-4-15)14-5-8-17(20)9-6-14/h1-4,7,10-12,14,17-18,20H,5-6,8-9H2. The largest absolute Gasteiger partial charge is 0.486 e. The first-order valence-corrected chi connectivity index (χ1v) is 7.54. The summed E-state index contributed by atoms with van der Waals surface area (Å²) in [4.78, 5) is 10.6. The van der Waals surface area contributed by atoms with Gasteiger partial charge in [-0.2, -0.15) is 0 Å². The fourth-order valence-electron chi connectivity index (χ4n) is 3.03. The lowest BCUT2D eigenvalue weighted by Crippen LogP contribution is -2.16. The molecule has 1 aliphatic carbocycles. The highest BCUT2D eigenvalue weighted by Crippen LogP contribution is 2.33. The molecule has 0 spiro atoms. The number of carbonyl (C=O) groups is 1. The van der Waals surface area contributed by atoms with Crippen LogP contribution in [0, 0.1) is 0 Å². The highest BCUT2D eigenvalue weighted by atomic mass is 16.5. The quantitative estimate of drug-likeness (QED) is 0.867. The van der Waals surface area contributed by atoms with Crippen LogP contribution in [0.25, 0.3) is 5.57 Å². The molecular formula is C18H20O3. The third kappa shape index (κ3) is 3.24. The number of hydrogen-bond donors (Lipinski definition) is 1. The van der Waals surface area contributed by atoms with Crippen molar-refractivity contribution in [2.24, 2.45) is 0 Å². The topological polar surface area (TPSA) is 46.5 Å². The normalized spacial score (nSPS) is 28.6. The second-order valence-corrected chi connectivity index (χ2v) is 5.80. The van der Waals surface area contributed by atoms with E-state index in [9.17, 15) is 9.90 Å². The molecule has 3 heteroatoms. The zero-order valence-electron chi connectivity index (χ0n) is 11.9. The summed E-state index contributed by atoms with van der Waals surface area (Å²) in [5.74, 6) is 0.564. The molecule has 0 radical (unpaired) electrons. The molecule has 1 heterocycles. The average Bonchev–Trinajstić information content (AvgIpc) is 2.56. The van der Waals surface area contributed by atoms with Gasteiger partial charge in [-0.3, -0.25) is 4.79 Å². The number of aliphatic hydroxyl groups is 1. The molecule has 1 aromatic carbocycles. The molecule has 3 rings (SSSR count). The van der Waals surface area contributed by atoms with Crippen molar-refractivity contribution in [2.75, 3.05) is 0 Å². The number of ether oxygens (including phenoxy) is 1. The number of aldehydes is 1. The molecule has 2 aliphatic rings. The van der Waals surface area contributed by atoms with Gasteiger partial charge in [0.15, 0.2) is 12.4 Å². The van der Waals surface area contributed by atoms with Gasteiger partial charge in [0.1, 0.15) is 0 Å². The van der Waals surface area contributed by atoms with Crippen molar-refractivity contribution in [3.8, 4) is 0 Å². The van der Waals surface area contributed by atoms with E-state index in [4.69, 9.17) is 4.74 Å². The third-order valence-corrected chi connectivity index (χ3v) is 4.36. The van der Waals surface area contributed by atoms with Crippen molar-refractivity contribution in [2.45, 2.75) is 43.8 Å². The predicted molar refractivity (Wildman–Crippen MR) is 81.7 cm³/mol. The molecule has 3 nitrogen and oxygen atoms in total. The van der Waals surface area contributed by atoms with Crippen LogP contribution < -0.4 is 0 Å². The number of allylic oxidation sites excluding steroid dienone is 2. The van der Waals surface area contributed by atoms with Gasteiger partial charge in [0.05, 0.1) is 12.4 Å². The number of rotatable bonds is 3. The van der Waals surface area contributed by atoms with E-state index in [1.54, 1.807) is 12.3 Å². The first-order valence-electron chi connectivity index (χ1n) is 7.54. The summed E-state index contributed by atoms with van der Waals surface area (Å²) in [6, 6.07) is 8.53. The van der Waals surface area contributed by atoms with Gasteiger partial charge in [-0.05, 0) is 48.8 Å². The number of hydrogen-bond acceptors (Lipinski definition) is 3. The maximum atomic E-state index is 10.6. The molecular weight excluding hydrogens is 264 g/mol. The zero-order chi connectivity index (χ0) is 14.7. The number of aliphatic hydroxyl groups excluding tert-OH is 1. The second kappa shape index (κ2) is 6.27. The summed E-state index contributed by atoms with van der Waals surface area (Å²) in [5.41, 5.74) is 3.42. The van der Waals surface area contributed by atoms with E-state index in [0.717, 1.165) is 43.1 Å². The average molecular weight is 284 g/mol. The van der Waals surface area contributed by atoms with Crippen LogP contribution in [-0.4, -0.2) is 23.6 Å². The van der Waals surface area contributed by atoms with E-state index >= 15 is 0 Å². The van der Waals surface area contributed by atoms with Gasteiger partial charge in [0, 0.05) is 5.57 Å². The minimum absolute atomic E-state index is 0.110. The maximum Gasteiger partial charge on any atom is 0.171 e. The van der Waals surface area contributed by atoms with Crippen LogP contribution >= 0.6 is 0 Å². The van der Waals surface area contributed by atoms with Crippen LogP contribution in [0.3, 0.4) is 0 Å². The van der Waals surface area contributed by atoms with Crippen molar-refractivity contribution in [1.82, 2.24) is 0 Å². The molecule has 1 aliphatic heterocycles. The van der Waals surface area contributed by atoms with Gasteiger partial charge >= 0.3 is 0 Å². The van der Waals surface area contributed by atoms with E-state index in [1.807, 2.05) is 6.08 Å². The van der Waals surface area contributed by atoms with Crippen LogP contribution in [0.5, 0.6) is 0 Å². The molecule has 0 aromatic heterocycles. The Balaban J connectivity index is 1.69. The monoisotopic (exact) mass is 284 g/mol. The molecule has 1 N–H and O–H groups in total. The van der Waals surface area contributed by atoms with Crippen molar-refractivity contribution in [1.29, 1.82) is 0 Å². The Kier molecular flexibility index (Phi) is 4.20. The van der Waals surface area contributed by atoms with Gasteiger partial charge in [-0.1, -0.05) is 30.3 Å². The van der Waals surface area contributed by atoms with Crippen LogP contribution in [-0.2, 0) is 9.53 Å². The van der Waals surface area contributed by atoms with Crippen LogP contribution in [0.15, 0.2) is 42.7 Å². The first kappa shape index (κ1) is 14.1. The van der Waals surface area contributed by atoms with Crippen molar-refractivity contribution >= 4 is 11.9 Å². The molecule has 1 fully saturated rings. The highest BCUT2D eigenvalue weighted by molar-refractivity contribution is 5.76.